The van der Waals surface area contributed by atoms with E-state index in [-0.39, 0.29) is 5.56 Å². The first-order chi connectivity index (χ1) is 9.63. The van der Waals surface area contributed by atoms with E-state index in [1.165, 1.54) is 0 Å². The van der Waals surface area contributed by atoms with E-state index < -0.39 is 5.97 Å². The second kappa shape index (κ2) is 5.81. The molecular weight excluding hydrogens is 256 g/mol. The van der Waals surface area contributed by atoms with Gasteiger partial charge in [-0.05, 0) is 18.4 Å². The van der Waals surface area contributed by atoms with Crippen LogP contribution in [0.2, 0.25) is 0 Å². The Morgan fingerprint density at radius 1 is 1.20 bits per heavy atom. The Morgan fingerprint density at radius 3 is 2.50 bits per heavy atom. The highest BCUT2D eigenvalue weighted by Gasteiger charge is 2.22. The fraction of sp³-hybridized carbons (Fsp3) is 0.429. The van der Waals surface area contributed by atoms with Crippen molar-refractivity contribution in [3.8, 4) is 5.82 Å². The van der Waals surface area contributed by atoms with E-state index in [0.29, 0.717) is 25.1 Å². The number of hydrogen-bond donors (Lipinski definition) is 1. The lowest BCUT2D eigenvalue weighted by atomic mass is 10.0. The molecule has 2 aromatic rings. The third-order valence-electron chi connectivity index (χ3n) is 3.30. The summed E-state index contributed by atoms with van der Waals surface area (Å²) in [5.74, 6) is 0.145. The Bertz CT molecular complexity index is 634. The summed E-state index contributed by atoms with van der Waals surface area (Å²) < 4.78 is 1.70. The summed E-state index contributed by atoms with van der Waals surface area (Å²) in [7, 11) is 0. The summed E-state index contributed by atoms with van der Waals surface area (Å²) in [6.07, 6.45) is 5.35. The molecule has 0 fully saturated rings. The molecule has 0 spiro atoms. The number of aryl methyl sites for hydroxylation is 2. The van der Waals surface area contributed by atoms with Gasteiger partial charge in [0.15, 0.2) is 5.82 Å². The van der Waals surface area contributed by atoms with E-state index in [4.69, 9.17) is 0 Å². The van der Waals surface area contributed by atoms with Crippen LogP contribution in [0.25, 0.3) is 5.82 Å². The van der Waals surface area contributed by atoms with Crippen LogP contribution in [-0.4, -0.2) is 30.8 Å². The van der Waals surface area contributed by atoms with Crippen LogP contribution >= 0.6 is 0 Å². The fourth-order valence-corrected chi connectivity index (χ4v) is 2.34. The van der Waals surface area contributed by atoms with Crippen molar-refractivity contribution < 1.29 is 9.90 Å². The molecule has 2 aromatic heterocycles. The van der Waals surface area contributed by atoms with Crippen molar-refractivity contribution in [2.45, 2.75) is 40.0 Å². The minimum Gasteiger partial charge on any atom is -0.478 e. The number of nitrogens with zero attached hydrogens (tertiary/aromatic N) is 4. The molecule has 2 heterocycles. The van der Waals surface area contributed by atoms with Gasteiger partial charge in [0.05, 0.1) is 5.69 Å². The maximum Gasteiger partial charge on any atom is 0.339 e. The van der Waals surface area contributed by atoms with Gasteiger partial charge in [0.1, 0.15) is 11.4 Å². The normalized spacial score (nSPS) is 10.8. The highest BCUT2D eigenvalue weighted by molar-refractivity contribution is 5.93. The standard InChI is InChI=1S/C14H18N4O2/c1-4-9-10(5-2)16-17-13(12(9)14(19)20)18-8-7-15-11(18)6-3/h7-8H,4-6H2,1-3H3,(H,19,20). The summed E-state index contributed by atoms with van der Waals surface area (Å²) in [6.45, 7) is 5.85. The van der Waals surface area contributed by atoms with Gasteiger partial charge in [-0.3, -0.25) is 4.57 Å². The fourth-order valence-electron chi connectivity index (χ4n) is 2.34. The van der Waals surface area contributed by atoms with Crippen LogP contribution in [0.4, 0.5) is 0 Å². The Labute approximate surface area is 117 Å². The highest BCUT2D eigenvalue weighted by Crippen LogP contribution is 2.21. The van der Waals surface area contributed by atoms with Crippen molar-refractivity contribution in [3.63, 3.8) is 0 Å². The molecule has 0 saturated heterocycles. The zero-order valence-electron chi connectivity index (χ0n) is 11.9. The highest BCUT2D eigenvalue weighted by atomic mass is 16.4. The average Bonchev–Trinajstić information content (AvgIpc) is 2.93. The lowest BCUT2D eigenvalue weighted by Crippen LogP contribution is -2.16. The Hall–Kier alpha value is -2.24. The number of aromatic carboxylic acids is 1. The molecule has 0 unspecified atom stereocenters. The van der Waals surface area contributed by atoms with Crippen LogP contribution in [0.1, 0.15) is 48.2 Å². The van der Waals surface area contributed by atoms with Gasteiger partial charge in [0.25, 0.3) is 0 Å². The van der Waals surface area contributed by atoms with Crippen molar-refractivity contribution in [1.82, 2.24) is 19.7 Å². The zero-order valence-corrected chi connectivity index (χ0v) is 11.9. The molecule has 0 bridgehead atoms. The molecule has 2 rings (SSSR count). The van der Waals surface area contributed by atoms with Gasteiger partial charge < -0.3 is 5.11 Å². The molecule has 1 N–H and O–H groups in total. The third-order valence-corrected chi connectivity index (χ3v) is 3.30. The lowest BCUT2D eigenvalue weighted by molar-refractivity contribution is 0.0695. The van der Waals surface area contributed by atoms with Crippen molar-refractivity contribution in [1.29, 1.82) is 0 Å². The summed E-state index contributed by atoms with van der Waals surface area (Å²) in [5.41, 5.74) is 1.72. The molecular formula is C14H18N4O2. The second-order valence-corrected chi connectivity index (χ2v) is 4.40. The predicted molar refractivity (Wildman–Crippen MR) is 74.2 cm³/mol. The van der Waals surface area contributed by atoms with Gasteiger partial charge in [0, 0.05) is 18.8 Å². The molecule has 6 heteroatoms. The van der Waals surface area contributed by atoms with Gasteiger partial charge in [-0.2, -0.15) is 5.10 Å². The largest absolute Gasteiger partial charge is 0.478 e. The van der Waals surface area contributed by atoms with E-state index in [2.05, 4.69) is 15.2 Å². The van der Waals surface area contributed by atoms with Crippen molar-refractivity contribution >= 4 is 5.97 Å². The minimum atomic E-state index is -0.975. The monoisotopic (exact) mass is 274 g/mol. The number of hydrogen-bond acceptors (Lipinski definition) is 4. The van der Waals surface area contributed by atoms with Crippen LogP contribution in [0, 0.1) is 0 Å². The first-order valence-corrected chi connectivity index (χ1v) is 6.78. The molecule has 0 amide bonds. The maximum absolute atomic E-state index is 11.7. The Balaban J connectivity index is 2.74. The van der Waals surface area contributed by atoms with E-state index in [9.17, 15) is 9.90 Å². The maximum atomic E-state index is 11.7. The number of carboxylic acid groups (broad SMARTS) is 1. The second-order valence-electron chi connectivity index (χ2n) is 4.40. The summed E-state index contributed by atoms with van der Waals surface area (Å²) >= 11 is 0. The van der Waals surface area contributed by atoms with Gasteiger partial charge in [0.2, 0.25) is 0 Å². The molecule has 20 heavy (non-hydrogen) atoms. The van der Waals surface area contributed by atoms with E-state index >= 15 is 0 Å². The smallest absolute Gasteiger partial charge is 0.339 e. The first-order valence-electron chi connectivity index (χ1n) is 6.78. The summed E-state index contributed by atoms with van der Waals surface area (Å²) in [4.78, 5) is 15.9. The van der Waals surface area contributed by atoms with Crippen molar-refractivity contribution in [3.05, 3.63) is 35.0 Å². The third kappa shape index (κ3) is 2.29. The lowest BCUT2D eigenvalue weighted by Gasteiger charge is -2.13. The number of imidazole rings is 1. The summed E-state index contributed by atoms with van der Waals surface area (Å²) in [6, 6.07) is 0. The number of carbonyl (C=O) groups is 1. The van der Waals surface area contributed by atoms with Gasteiger partial charge in [-0.15, -0.1) is 5.10 Å². The molecule has 0 atom stereocenters. The van der Waals surface area contributed by atoms with Crippen LogP contribution in [-0.2, 0) is 19.3 Å². The molecule has 0 aliphatic rings. The van der Waals surface area contributed by atoms with E-state index in [0.717, 1.165) is 17.1 Å². The van der Waals surface area contributed by atoms with E-state index in [1.807, 2.05) is 20.8 Å². The molecule has 6 nitrogen and oxygen atoms in total. The molecule has 0 aliphatic heterocycles. The van der Waals surface area contributed by atoms with Gasteiger partial charge >= 0.3 is 5.97 Å². The SMILES string of the molecule is CCc1nnc(-n2ccnc2CC)c(C(=O)O)c1CC. The van der Waals surface area contributed by atoms with Crippen molar-refractivity contribution in [2.24, 2.45) is 0 Å². The van der Waals surface area contributed by atoms with Gasteiger partial charge in [-0.1, -0.05) is 20.8 Å². The van der Waals surface area contributed by atoms with Crippen LogP contribution in [0.15, 0.2) is 12.4 Å². The minimum absolute atomic E-state index is 0.229. The molecule has 0 aliphatic carbocycles. The Kier molecular flexibility index (Phi) is 4.12. The number of carboxylic acids is 1. The topological polar surface area (TPSA) is 80.9 Å². The predicted octanol–water partition coefficient (Wildman–Crippen LogP) is 2.05. The molecule has 0 aromatic carbocycles. The number of rotatable bonds is 5. The zero-order chi connectivity index (χ0) is 14.7. The molecule has 0 radical (unpaired) electrons. The number of aromatic nitrogens is 4. The summed E-state index contributed by atoms with van der Waals surface area (Å²) in [5, 5.41) is 17.9. The van der Waals surface area contributed by atoms with Crippen molar-refractivity contribution in [2.75, 3.05) is 0 Å². The van der Waals surface area contributed by atoms with Crippen LogP contribution in [0.5, 0.6) is 0 Å². The van der Waals surface area contributed by atoms with Crippen LogP contribution in [0.3, 0.4) is 0 Å². The van der Waals surface area contributed by atoms with E-state index in [1.54, 1.807) is 17.0 Å². The molecule has 106 valence electrons. The Morgan fingerprint density at radius 2 is 1.95 bits per heavy atom. The average molecular weight is 274 g/mol. The molecule has 0 saturated carbocycles. The van der Waals surface area contributed by atoms with Gasteiger partial charge in [-0.25, -0.2) is 9.78 Å². The first kappa shape index (κ1) is 14.2. The van der Waals surface area contributed by atoms with Crippen LogP contribution < -0.4 is 0 Å². The quantitative estimate of drug-likeness (QED) is 0.902.